The molecule has 4 heteroatoms. The van der Waals surface area contributed by atoms with Crippen molar-refractivity contribution in [3.8, 4) is 0 Å². The lowest BCUT2D eigenvalue weighted by atomic mass is 9.82. The fourth-order valence-corrected chi connectivity index (χ4v) is 3.98. The third-order valence-electron chi connectivity index (χ3n) is 4.51. The fourth-order valence-electron chi connectivity index (χ4n) is 3.49. The van der Waals surface area contributed by atoms with Crippen molar-refractivity contribution in [1.29, 1.82) is 0 Å². The second-order valence-corrected chi connectivity index (χ2v) is 6.78. The second kappa shape index (κ2) is 5.15. The van der Waals surface area contributed by atoms with Gasteiger partial charge in [0.1, 0.15) is 5.82 Å². The SMILES string of the molecule is OC1(Cc2ccc(F)cc2Br)CCN2CCCC2C1. The van der Waals surface area contributed by atoms with E-state index >= 15 is 0 Å². The number of hydrogen-bond acceptors (Lipinski definition) is 2. The highest BCUT2D eigenvalue weighted by Crippen LogP contribution is 2.36. The standard InChI is InChI=1S/C15H19BrFNO/c16-14-8-12(17)4-3-11(14)9-15(19)5-7-18-6-1-2-13(18)10-15/h3-4,8,13,19H,1-2,5-7,9-10H2. The number of nitrogens with zero attached hydrogens (tertiary/aromatic N) is 1. The summed E-state index contributed by atoms with van der Waals surface area (Å²) >= 11 is 3.39. The molecule has 104 valence electrons. The van der Waals surface area contributed by atoms with Crippen LogP contribution in [-0.2, 0) is 6.42 Å². The summed E-state index contributed by atoms with van der Waals surface area (Å²) in [5.41, 5.74) is 0.363. The molecular weight excluding hydrogens is 309 g/mol. The van der Waals surface area contributed by atoms with Crippen molar-refractivity contribution < 1.29 is 9.50 Å². The minimum absolute atomic E-state index is 0.242. The lowest BCUT2D eigenvalue weighted by molar-refractivity contribution is -0.0355. The van der Waals surface area contributed by atoms with Gasteiger partial charge in [0.05, 0.1) is 5.60 Å². The minimum Gasteiger partial charge on any atom is -0.389 e. The molecule has 1 N–H and O–H groups in total. The quantitative estimate of drug-likeness (QED) is 0.902. The van der Waals surface area contributed by atoms with Gasteiger partial charge in [0, 0.05) is 23.5 Å². The highest BCUT2D eigenvalue weighted by atomic mass is 79.9. The average Bonchev–Trinajstić information content (AvgIpc) is 2.79. The Balaban J connectivity index is 1.74. The van der Waals surface area contributed by atoms with Crippen LogP contribution >= 0.6 is 15.9 Å². The van der Waals surface area contributed by atoms with Crippen LogP contribution in [0, 0.1) is 5.82 Å². The normalized spacial score (nSPS) is 31.4. The van der Waals surface area contributed by atoms with Crippen LogP contribution in [0.25, 0.3) is 0 Å². The van der Waals surface area contributed by atoms with E-state index in [0.717, 1.165) is 29.4 Å². The maximum atomic E-state index is 13.1. The molecule has 19 heavy (non-hydrogen) atoms. The summed E-state index contributed by atoms with van der Waals surface area (Å²) in [6, 6.07) is 5.26. The predicted octanol–water partition coefficient (Wildman–Crippen LogP) is 3.12. The van der Waals surface area contributed by atoms with Crippen molar-refractivity contribution in [3.05, 3.63) is 34.1 Å². The number of fused-ring (bicyclic) bond motifs is 1. The Morgan fingerprint density at radius 2 is 2.26 bits per heavy atom. The van der Waals surface area contributed by atoms with Gasteiger partial charge in [0.25, 0.3) is 0 Å². The van der Waals surface area contributed by atoms with Gasteiger partial charge >= 0.3 is 0 Å². The molecule has 2 aliphatic rings. The number of halogens is 2. The molecule has 2 heterocycles. The molecule has 0 radical (unpaired) electrons. The number of benzene rings is 1. The molecule has 1 aromatic rings. The molecule has 0 saturated carbocycles. The Morgan fingerprint density at radius 3 is 3.05 bits per heavy atom. The summed E-state index contributed by atoms with van der Waals surface area (Å²) in [6.07, 6.45) is 4.72. The molecule has 2 fully saturated rings. The summed E-state index contributed by atoms with van der Waals surface area (Å²) in [7, 11) is 0. The van der Waals surface area contributed by atoms with E-state index in [4.69, 9.17) is 0 Å². The van der Waals surface area contributed by atoms with Crippen LogP contribution in [0.4, 0.5) is 4.39 Å². The molecule has 2 aliphatic heterocycles. The third-order valence-corrected chi connectivity index (χ3v) is 5.25. The molecule has 0 amide bonds. The van der Waals surface area contributed by atoms with Crippen molar-refractivity contribution in [2.24, 2.45) is 0 Å². The van der Waals surface area contributed by atoms with E-state index in [1.807, 2.05) is 0 Å². The summed E-state index contributed by atoms with van der Waals surface area (Å²) in [5, 5.41) is 10.8. The molecule has 0 bridgehead atoms. The molecular formula is C15H19BrFNO. The van der Waals surface area contributed by atoms with Crippen LogP contribution in [0.2, 0.25) is 0 Å². The van der Waals surface area contributed by atoms with Crippen molar-refractivity contribution in [3.63, 3.8) is 0 Å². The first-order valence-electron chi connectivity index (χ1n) is 6.96. The summed E-state index contributed by atoms with van der Waals surface area (Å²) in [4.78, 5) is 2.49. The average molecular weight is 328 g/mol. The molecule has 0 spiro atoms. The van der Waals surface area contributed by atoms with Crippen LogP contribution < -0.4 is 0 Å². The van der Waals surface area contributed by atoms with Gasteiger partial charge in [-0.2, -0.15) is 0 Å². The Kier molecular flexibility index (Phi) is 3.67. The van der Waals surface area contributed by atoms with E-state index in [0.29, 0.717) is 12.5 Å². The number of rotatable bonds is 2. The van der Waals surface area contributed by atoms with Crippen LogP contribution in [0.3, 0.4) is 0 Å². The van der Waals surface area contributed by atoms with Crippen molar-refractivity contribution in [2.75, 3.05) is 13.1 Å². The van der Waals surface area contributed by atoms with Crippen LogP contribution in [0.1, 0.15) is 31.2 Å². The Hall–Kier alpha value is -0.450. The minimum atomic E-state index is -0.633. The van der Waals surface area contributed by atoms with Crippen molar-refractivity contribution in [1.82, 2.24) is 4.90 Å². The topological polar surface area (TPSA) is 23.5 Å². The molecule has 2 unspecified atom stereocenters. The van der Waals surface area contributed by atoms with E-state index < -0.39 is 5.60 Å². The zero-order chi connectivity index (χ0) is 13.5. The van der Waals surface area contributed by atoms with Gasteiger partial charge in [-0.15, -0.1) is 0 Å². The maximum Gasteiger partial charge on any atom is 0.124 e. The molecule has 2 saturated heterocycles. The molecule has 0 aromatic heterocycles. The van der Waals surface area contributed by atoms with Gasteiger partial charge in [-0.05, 0) is 49.9 Å². The maximum absolute atomic E-state index is 13.1. The van der Waals surface area contributed by atoms with Crippen molar-refractivity contribution >= 4 is 15.9 Å². The monoisotopic (exact) mass is 327 g/mol. The number of hydrogen-bond donors (Lipinski definition) is 1. The third kappa shape index (κ3) is 2.86. The molecule has 0 aliphatic carbocycles. The van der Waals surface area contributed by atoms with E-state index in [2.05, 4.69) is 20.8 Å². The summed E-state index contributed by atoms with van der Waals surface area (Å²) in [6.45, 7) is 2.17. The first-order chi connectivity index (χ1) is 9.06. The number of aliphatic hydroxyl groups is 1. The predicted molar refractivity (Wildman–Crippen MR) is 76.6 cm³/mol. The highest BCUT2D eigenvalue weighted by molar-refractivity contribution is 9.10. The van der Waals surface area contributed by atoms with Gasteiger partial charge in [-0.1, -0.05) is 22.0 Å². The van der Waals surface area contributed by atoms with Crippen molar-refractivity contribution in [2.45, 2.75) is 43.7 Å². The van der Waals surface area contributed by atoms with Gasteiger partial charge in [-0.3, -0.25) is 0 Å². The first kappa shape index (κ1) is 13.5. The highest BCUT2D eigenvalue weighted by Gasteiger charge is 2.40. The van der Waals surface area contributed by atoms with Gasteiger partial charge < -0.3 is 10.0 Å². The van der Waals surface area contributed by atoms with Gasteiger partial charge in [0.2, 0.25) is 0 Å². The lowest BCUT2D eigenvalue weighted by Gasteiger charge is -2.41. The van der Waals surface area contributed by atoms with Gasteiger partial charge in [0.15, 0.2) is 0 Å². The summed E-state index contributed by atoms with van der Waals surface area (Å²) in [5.74, 6) is -0.242. The smallest absolute Gasteiger partial charge is 0.124 e. The van der Waals surface area contributed by atoms with E-state index in [-0.39, 0.29) is 5.82 Å². The van der Waals surface area contributed by atoms with E-state index in [9.17, 15) is 9.50 Å². The molecule has 2 nitrogen and oxygen atoms in total. The Morgan fingerprint density at radius 1 is 1.42 bits per heavy atom. The second-order valence-electron chi connectivity index (χ2n) is 5.92. The fraction of sp³-hybridized carbons (Fsp3) is 0.600. The molecule has 3 rings (SSSR count). The zero-order valence-electron chi connectivity index (χ0n) is 10.9. The van der Waals surface area contributed by atoms with E-state index in [1.165, 1.54) is 31.5 Å². The van der Waals surface area contributed by atoms with Gasteiger partial charge in [-0.25, -0.2) is 4.39 Å². The Labute approximate surface area is 121 Å². The van der Waals surface area contributed by atoms with E-state index in [1.54, 1.807) is 6.07 Å². The Bertz CT molecular complexity index is 481. The zero-order valence-corrected chi connectivity index (χ0v) is 12.5. The van der Waals surface area contributed by atoms with Crippen LogP contribution in [0.5, 0.6) is 0 Å². The summed E-state index contributed by atoms with van der Waals surface area (Å²) < 4.78 is 13.9. The largest absolute Gasteiger partial charge is 0.389 e. The molecule has 1 aromatic carbocycles. The van der Waals surface area contributed by atoms with Crippen LogP contribution in [0.15, 0.2) is 22.7 Å². The molecule has 2 atom stereocenters. The lowest BCUT2D eigenvalue weighted by Crippen LogP contribution is -2.48. The first-order valence-corrected chi connectivity index (χ1v) is 7.75. The number of piperidine rings is 1. The van der Waals surface area contributed by atoms with Crippen LogP contribution in [-0.4, -0.2) is 34.7 Å².